The highest BCUT2D eigenvalue weighted by molar-refractivity contribution is 5.96. The predicted molar refractivity (Wildman–Crippen MR) is 117 cm³/mol. The first-order valence-electron chi connectivity index (χ1n) is 10.2. The first-order chi connectivity index (χ1) is 15.0. The molecule has 7 heteroatoms. The van der Waals surface area contributed by atoms with Crippen molar-refractivity contribution in [3.63, 3.8) is 0 Å². The van der Waals surface area contributed by atoms with Gasteiger partial charge in [-0.3, -0.25) is 9.59 Å². The van der Waals surface area contributed by atoms with E-state index in [-0.39, 0.29) is 11.7 Å². The second kappa shape index (κ2) is 8.95. The molecule has 1 saturated heterocycles. The average Bonchev–Trinajstić information content (AvgIpc) is 3.22. The van der Waals surface area contributed by atoms with Crippen molar-refractivity contribution in [2.75, 3.05) is 6.54 Å². The fourth-order valence-electron chi connectivity index (χ4n) is 3.83. The summed E-state index contributed by atoms with van der Waals surface area (Å²) in [5.74, 6) is -1.13. The Kier molecular flexibility index (Phi) is 5.93. The molecule has 0 aliphatic carbocycles. The molecule has 1 aliphatic heterocycles. The number of piperidine rings is 1. The number of carbonyl (C=O) groups excluding carboxylic acids is 2. The highest BCUT2D eigenvalue weighted by Crippen LogP contribution is 2.26. The van der Waals surface area contributed by atoms with Crippen LogP contribution in [0.2, 0.25) is 0 Å². The molecule has 0 radical (unpaired) electrons. The number of amides is 2. The van der Waals surface area contributed by atoms with E-state index < -0.39 is 11.9 Å². The van der Waals surface area contributed by atoms with Gasteiger partial charge in [-0.2, -0.15) is 5.10 Å². The molecule has 2 aromatic carbocycles. The van der Waals surface area contributed by atoms with Crippen LogP contribution in [-0.2, 0) is 9.59 Å². The van der Waals surface area contributed by atoms with Crippen molar-refractivity contribution in [2.24, 2.45) is 5.73 Å². The van der Waals surface area contributed by atoms with Crippen molar-refractivity contribution in [2.45, 2.75) is 25.3 Å². The molecule has 6 nitrogen and oxygen atoms in total. The fourth-order valence-corrected chi connectivity index (χ4v) is 3.83. The van der Waals surface area contributed by atoms with Gasteiger partial charge in [-0.1, -0.05) is 30.3 Å². The van der Waals surface area contributed by atoms with Gasteiger partial charge in [0.25, 0.3) is 0 Å². The average molecular weight is 418 g/mol. The Morgan fingerprint density at radius 3 is 2.65 bits per heavy atom. The number of aromatic nitrogens is 2. The van der Waals surface area contributed by atoms with Gasteiger partial charge in [0.15, 0.2) is 0 Å². The number of hydrogen-bond donors (Lipinski definition) is 1. The van der Waals surface area contributed by atoms with Gasteiger partial charge in [0, 0.05) is 29.9 Å². The van der Waals surface area contributed by atoms with Gasteiger partial charge >= 0.3 is 0 Å². The monoisotopic (exact) mass is 418 g/mol. The summed E-state index contributed by atoms with van der Waals surface area (Å²) in [6.07, 6.45) is 7.16. The summed E-state index contributed by atoms with van der Waals surface area (Å²) < 4.78 is 15.5. The Balaban J connectivity index is 1.68. The highest BCUT2D eigenvalue weighted by atomic mass is 19.1. The SMILES string of the molecule is NC(=O)C1CCCCN1C(=O)/C=C/c1cn(-c2ccccc2)nc1-c1cccc(F)c1. The number of carbonyl (C=O) groups is 2. The van der Waals surface area contributed by atoms with Crippen LogP contribution < -0.4 is 5.73 Å². The highest BCUT2D eigenvalue weighted by Gasteiger charge is 2.29. The first-order valence-corrected chi connectivity index (χ1v) is 10.2. The van der Waals surface area contributed by atoms with Crippen LogP contribution in [0.1, 0.15) is 24.8 Å². The summed E-state index contributed by atoms with van der Waals surface area (Å²) in [7, 11) is 0. The van der Waals surface area contributed by atoms with Gasteiger partial charge in [0.2, 0.25) is 11.8 Å². The maximum atomic E-state index is 13.8. The maximum Gasteiger partial charge on any atom is 0.247 e. The summed E-state index contributed by atoms with van der Waals surface area (Å²) >= 11 is 0. The predicted octanol–water partition coefficient (Wildman–Crippen LogP) is 3.56. The van der Waals surface area contributed by atoms with E-state index in [0.717, 1.165) is 18.5 Å². The van der Waals surface area contributed by atoms with Gasteiger partial charge in [0.05, 0.1) is 5.69 Å². The van der Waals surface area contributed by atoms with Crippen molar-refractivity contribution >= 4 is 17.9 Å². The maximum absolute atomic E-state index is 13.8. The van der Waals surface area contributed by atoms with Crippen LogP contribution in [0, 0.1) is 5.82 Å². The number of primary amides is 1. The minimum atomic E-state index is -0.583. The molecule has 1 unspecified atom stereocenters. The Hall–Kier alpha value is -3.74. The van der Waals surface area contributed by atoms with E-state index >= 15 is 0 Å². The molecular weight excluding hydrogens is 395 g/mol. The van der Waals surface area contributed by atoms with Crippen LogP contribution in [0.25, 0.3) is 23.0 Å². The van der Waals surface area contributed by atoms with E-state index in [1.807, 2.05) is 30.3 Å². The molecule has 0 spiro atoms. The lowest BCUT2D eigenvalue weighted by Gasteiger charge is -2.32. The second-order valence-electron chi connectivity index (χ2n) is 7.50. The molecule has 1 atom stereocenters. The minimum Gasteiger partial charge on any atom is -0.368 e. The van der Waals surface area contributed by atoms with Crippen molar-refractivity contribution in [1.82, 2.24) is 14.7 Å². The van der Waals surface area contributed by atoms with Crippen molar-refractivity contribution in [3.8, 4) is 16.9 Å². The molecule has 4 rings (SSSR count). The summed E-state index contributed by atoms with van der Waals surface area (Å²) in [5.41, 5.74) is 8.14. The summed E-state index contributed by atoms with van der Waals surface area (Å²) in [5, 5.41) is 4.63. The van der Waals surface area contributed by atoms with Crippen LogP contribution in [0.5, 0.6) is 0 Å². The zero-order valence-corrected chi connectivity index (χ0v) is 16.9. The summed E-state index contributed by atoms with van der Waals surface area (Å²) in [6.45, 7) is 0.497. The van der Waals surface area contributed by atoms with Gasteiger partial charge < -0.3 is 10.6 Å². The largest absolute Gasteiger partial charge is 0.368 e. The Morgan fingerprint density at radius 1 is 1.10 bits per heavy atom. The first kappa shape index (κ1) is 20.5. The third-order valence-electron chi connectivity index (χ3n) is 5.38. The Morgan fingerprint density at radius 2 is 1.90 bits per heavy atom. The number of para-hydroxylation sites is 1. The number of nitrogens with two attached hydrogens (primary N) is 1. The molecule has 1 fully saturated rings. The number of rotatable bonds is 5. The molecule has 3 aromatic rings. The quantitative estimate of drug-likeness (QED) is 0.644. The second-order valence-corrected chi connectivity index (χ2v) is 7.50. The lowest BCUT2D eigenvalue weighted by molar-refractivity contribution is -0.137. The fraction of sp³-hybridized carbons (Fsp3) is 0.208. The number of benzene rings is 2. The molecular formula is C24H23FN4O2. The molecule has 158 valence electrons. The number of hydrogen-bond acceptors (Lipinski definition) is 3. The van der Waals surface area contributed by atoms with Crippen LogP contribution in [0.15, 0.2) is 66.9 Å². The normalized spacial score (nSPS) is 16.5. The van der Waals surface area contributed by atoms with E-state index in [4.69, 9.17) is 5.73 Å². The number of halogens is 1. The molecule has 0 bridgehead atoms. The smallest absolute Gasteiger partial charge is 0.247 e. The molecule has 2 N–H and O–H groups in total. The lowest BCUT2D eigenvalue weighted by atomic mass is 10.0. The summed E-state index contributed by atoms with van der Waals surface area (Å²) in [6, 6.07) is 15.1. The van der Waals surface area contributed by atoms with E-state index in [1.54, 1.807) is 29.1 Å². The third-order valence-corrected chi connectivity index (χ3v) is 5.38. The van der Waals surface area contributed by atoms with Crippen LogP contribution >= 0.6 is 0 Å². The number of likely N-dealkylation sites (tertiary alicyclic amines) is 1. The topological polar surface area (TPSA) is 81.2 Å². The van der Waals surface area contributed by atoms with Gasteiger partial charge in [0.1, 0.15) is 17.6 Å². The van der Waals surface area contributed by atoms with Gasteiger partial charge in [-0.15, -0.1) is 0 Å². The van der Waals surface area contributed by atoms with E-state index in [0.29, 0.717) is 29.8 Å². The molecule has 0 saturated carbocycles. The standard InChI is InChI=1S/C24H23FN4O2/c25-19-8-6-7-17(15-19)23-18(16-29(27-23)20-9-2-1-3-10-20)12-13-22(30)28-14-5-4-11-21(28)24(26)31/h1-3,6-10,12-13,15-16,21H,4-5,11,14H2,(H2,26,31)/b13-12+. The van der Waals surface area contributed by atoms with Crippen LogP contribution in [0.3, 0.4) is 0 Å². The van der Waals surface area contributed by atoms with Crippen molar-refractivity contribution in [3.05, 3.63) is 78.3 Å². The Bertz CT molecular complexity index is 1120. The molecule has 2 amide bonds. The van der Waals surface area contributed by atoms with Crippen LogP contribution in [-0.4, -0.2) is 39.1 Å². The van der Waals surface area contributed by atoms with Gasteiger partial charge in [-0.25, -0.2) is 9.07 Å². The third kappa shape index (κ3) is 4.55. The zero-order chi connectivity index (χ0) is 21.8. The molecule has 2 heterocycles. The summed E-state index contributed by atoms with van der Waals surface area (Å²) in [4.78, 5) is 26.1. The van der Waals surface area contributed by atoms with Crippen LogP contribution in [0.4, 0.5) is 4.39 Å². The molecule has 31 heavy (non-hydrogen) atoms. The minimum absolute atomic E-state index is 0.277. The lowest BCUT2D eigenvalue weighted by Crippen LogP contribution is -2.49. The van der Waals surface area contributed by atoms with Gasteiger partial charge in [-0.05, 0) is 49.6 Å². The van der Waals surface area contributed by atoms with E-state index in [9.17, 15) is 14.0 Å². The van der Waals surface area contributed by atoms with Crippen molar-refractivity contribution in [1.29, 1.82) is 0 Å². The zero-order valence-electron chi connectivity index (χ0n) is 16.9. The molecule has 1 aromatic heterocycles. The molecule has 1 aliphatic rings. The number of nitrogens with zero attached hydrogens (tertiary/aromatic N) is 3. The van der Waals surface area contributed by atoms with Crippen molar-refractivity contribution < 1.29 is 14.0 Å². The Labute approximate surface area is 179 Å². The van der Waals surface area contributed by atoms with E-state index in [1.165, 1.54) is 23.1 Å². The van der Waals surface area contributed by atoms with E-state index in [2.05, 4.69) is 5.10 Å².